The van der Waals surface area contributed by atoms with Gasteiger partial charge in [0.25, 0.3) is 0 Å². The van der Waals surface area contributed by atoms with Crippen molar-refractivity contribution in [1.82, 2.24) is 14.8 Å². The molecule has 0 N–H and O–H groups in total. The molecule has 0 radical (unpaired) electrons. The van der Waals surface area contributed by atoms with Gasteiger partial charge in [0, 0.05) is 51.4 Å². The predicted octanol–water partition coefficient (Wildman–Crippen LogP) is 2.91. The summed E-state index contributed by atoms with van der Waals surface area (Å²) in [6.07, 6.45) is 6.25. The van der Waals surface area contributed by atoms with Crippen LogP contribution in [0.25, 0.3) is 0 Å². The van der Waals surface area contributed by atoms with Gasteiger partial charge in [-0.3, -0.25) is 14.6 Å². The Morgan fingerprint density at radius 3 is 2.37 bits per heavy atom. The van der Waals surface area contributed by atoms with Crippen LogP contribution in [0.4, 0.5) is 0 Å². The summed E-state index contributed by atoms with van der Waals surface area (Å²) >= 11 is 0. The minimum atomic E-state index is 0.0166. The van der Waals surface area contributed by atoms with Gasteiger partial charge in [-0.25, -0.2) is 0 Å². The molecule has 1 fully saturated rings. The van der Waals surface area contributed by atoms with Crippen molar-refractivity contribution in [2.75, 3.05) is 20.1 Å². The third-order valence-corrected chi connectivity index (χ3v) is 5.21. The zero-order chi connectivity index (χ0) is 19.1. The molecule has 3 rings (SSSR count). The van der Waals surface area contributed by atoms with Crippen molar-refractivity contribution < 1.29 is 9.59 Å². The summed E-state index contributed by atoms with van der Waals surface area (Å²) in [4.78, 5) is 32.9. The van der Waals surface area contributed by atoms with Gasteiger partial charge < -0.3 is 9.80 Å². The first-order chi connectivity index (χ1) is 13.1. The summed E-state index contributed by atoms with van der Waals surface area (Å²) in [6.45, 7) is 1.97. The number of piperidine rings is 1. The summed E-state index contributed by atoms with van der Waals surface area (Å²) in [5.74, 6) is 0.376. The Bertz CT molecular complexity index is 741. The Balaban J connectivity index is 1.43. The normalized spacial score (nSPS) is 14.8. The first-order valence-corrected chi connectivity index (χ1v) is 9.59. The number of pyridine rings is 1. The fourth-order valence-corrected chi connectivity index (χ4v) is 3.58. The van der Waals surface area contributed by atoms with Crippen molar-refractivity contribution in [3.8, 4) is 0 Å². The van der Waals surface area contributed by atoms with E-state index in [0.29, 0.717) is 26.1 Å². The lowest BCUT2D eigenvalue weighted by molar-refractivity contribution is -0.140. The van der Waals surface area contributed by atoms with Crippen LogP contribution in [0.1, 0.15) is 30.4 Å². The Labute approximate surface area is 161 Å². The van der Waals surface area contributed by atoms with Gasteiger partial charge in [-0.15, -0.1) is 0 Å². The zero-order valence-electron chi connectivity index (χ0n) is 15.9. The smallest absolute Gasteiger partial charge is 0.225 e. The molecule has 5 nitrogen and oxygen atoms in total. The molecule has 1 aliphatic rings. The summed E-state index contributed by atoms with van der Waals surface area (Å²) < 4.78 is 0. The van der Waals surface area contributed by atoms with Gasteiger partial charge in [0.05, 0.1) is 0 Å². The van der Waals surface area contributed by atoms with Crippen LogP contribution in [-0.4, -0.2) is 46.7 Å². The van der Waals surface area contributed by atoms with Crippen LogP contribution in [0, 0.1) is 5.92 Å². The van der Waals surface area contributed by atoms with E-state index in [2.05, 4.69) is 4.98 Å². The fourth-order valence-electron chi connectivity index (χ4n) is 3.58. The fraction of sp³-hybridized carbons (Fsp3) is 0.409. The Morgan fingerprint density at radius 2 is 1.70 bits per heavy atom. The van der Waals surface area contributed by atoms with E-state index in [9.17, 15) is 9.59 Å². The van der Waals surface area contributed by atoms with Gasteiger partial charge in [0.2, 0.25) is 11.8 Å². The second kappa shape index (κ2) is 9.31. The number of amides is 2. The maximum Gasteiger partial charge on any atom is 0.225 e. The zero-order valence-corrected chi connectivity index (χ0v) is 15.9. The number of aromatic nitrogens is 1. The Hall–Kier alpha value is -2.69. The third-order valence-electron chi connectivity index (χ3n) is 5.21. The highest BCUT2D eigenvalue weighted by atomic mass is 16.2. The molecule has 1 aliphatic heterocycles. The molecule has 0 atom stereocenters. The maximum absolute atomic E-state index is 12.7. The molecule has 0 spiro atoms. The average molecular weight is 365 g/mol. The second-order valence-electron chi connectivity index (χ2n) is 7.19. The van der Waals surface area contributed by atoms with Gasteiger partial charge in [-0.1, -0.05) is 30.3 Å². The van der Waals surface area contributed by atoms with E-state index in [0.717, 1.165) is 30.4 Å². The lowest BCUT2D eigenvalue weighted by Crippen LogP contribution is -2.43. The number of benzene rings is 1. The first kappa shape index (κ1) is 19.1. The quantitative estimate of drug-likeness (QED) is 0.791. The molecule has 0 aliphatic carbocycles. The molecular formula is C22H27N3O2. The summed E-state index contributed by atoms with van der Waals surface area (Å²) in [5, 5.41) is 0. The van der Waals surface area contributed by atoms with Gasteiger partial charge in [-0.2, -0.15) is 0 Å². The van der Waals surface area contributed by atoms with E-state index in [-0.39, 0.29) is 17.7 Å². The van der Waals surface area contributed by atoms with Gasteiger partial charge in [-0.05, 0) is 42.5 Å². The van der Waals surface area contributed by atoms with Crippen molar-refractivity contribution in [2.45, 2.75) is 32.2 Å². The Morgan fingerprint density at radius 1 is 1.04 bits per heavy atom. The molecule has 1 aromatic carbocycles. The number of nitrogens with zero attached hydrogens (tertiary/aromatic N) is 3. The topological polar surface area (TPSA) is 53.5 Å². The first-order valence-electron chi connectivity index (χ1n) is 9.59. The van der Waals surface area contributed by atoms with Crippen molar-refractivity contribution in [3.63, 3.8) is 0 Å². The number of hydrogen-bond acceptors (Lipinski definition) is 3. The molecule has 0 saturated carbocycles. The molecule has 142 valence electrons. The lowest BCUT2D eigenvalue weighted by atomic mass is 9.94. The molecule has 27 heavy (non-hydrogen) atoms. The van der Waals surface area contributed by atoms with Crippen molar-refractivity contribution in [2.24, 2.45) is 5.92 Å². The average Bonchev–Trinajstić information content (AvgIpc) is 2.73. The molecule has 5 heteroatoms. The minimum Gasteiger partial charge on any atom is -0.343 e. The van der Waals surface area contributed by atoms with Crippen LogP contribution in [0.2, 0.25) is 0 Å². The van der Waals surface area contributed by atoms with E-state index in [1.807, 2.05) is 54.4 Å². The monoisotopic (exact) mass is 365 g/mol. The molecule has 0 unspecified atom stereocenters. The number of aryl methyl sites for hydroxylation is 1. The van der Waals surface area contributed by atoms with Gasteiger partial charge in [0.15, 0.2) is 0 Å². The van der Waals surface area contributed by atoms with Crippen LogP contribution in [0.5, 0.6) is 0 Å². The summed E-state index contributed by atoms with van der Waals surface area (Å²) in [6, 6.07) is 13.9. The van der Waals surface area contributed by atoms with E-state index in [1.165, 1.54) is 0 Å². The molecule has 1 aromatic heterocycles. The van der Waals surface area contributed by atoms with Crippen LogP contribution >= 0.6 is 0 Å². The van der Waals surface area contributed by atoms with Crippen molar-refractivity contribution >= 4 is 11.8 Å². The van der Waals surface area contributed by atoms with Gasteiger partial charge >= 0.3 is 0 Å². The maximum atomic E-state index is 12.7. The van der Waals surface area contributed by atoms with E-state index >= 15 is 0 Å². The molecule has 2 aromatic rings. The van der Waals surface area contributed by atoms with E-state index in [4.69, 9.17) is 0 Å². The van der Waals surface area contributed by atoms with Crippen LogP contribution in [0.15, 0.2) is 54.9 Å². The molecular weight excluding hydrogens is 338 g/mol. The minimum absolute atomic E-state index is 0.0166. The molecule has 2 amide bonds. The molecule has 0 bridgehead atoms. The number of hydrogen-bond donors (Lipinski definition) is 0. The van der Waals surface area contributed by atoms with Crippen LogP contribution in [-0.2, 0) is 22.6 Å². The highest BCUT2D eigenvalue weighted by molar-refractivity contribution is 5.80. The van der Waals surface area contributed by atoms with Crippen molar-refractivity contribution in [1.29, 1.82) is 0 Å². The highest BCUT2D eigenvalue weighted by Crippen LogP contribution is 2.21. The van der Waals surface area contributed by atoms with Crippen molar-refractivity contribution in [3.05, 3.63) is 66.0 Å². The molecule has 2 heterocycles. The standard InChI is InChI=1S/C22H27N3O2/c1-24(17-19-5-3-2-4-6-19)22(27)20-11-15-25(16-12-20)21(26)8-7-18-9-13-23-14-10-18/h2-6,9-10,13-14,20H,7-8,11-12,15-17H2,1H3. The Kier molecular flexibility index (Phi) is 6.58. The number of carbonyl (C=O) groups excluding carboxylic acids is 2. The molecule has 1 saturated heterocycles. The SMILES string of the molecule is CN(Cc1ccccc1)C(=O)C1CCN(C(=O)CCc2ccncc2)CC1. The van der Waals surface area contributed by atoms with E-state index in [1.54, 1.807) is 17.3 Å². The lowest BCUT2D eigenvalue weighted by Gasteiger charge is -2.33. The van der Waals surface area contributed by atoms with Crippen LogP contribution in [0.3, 0.4) is 0 Å². The van der Waals surface area contributed by atoms with E-state index < -0.39 is 0 Å². The largest absolute Gasteiger partial charge is 0.343 e. The summed E-state index contributed by atoms with van der Waals surface area (Å²) in [7, 11) is 1.86. The third kappa shape index (κ3) is 5.39. The number of likely N-dealkylation sites (tertiary alicyclic amines) is 1. The van der Waals surface area contributed by atoms with Gasteiger partial charge in [0.1, 0.15) is 0 Å². The summed E-state index contributed by atoms with van der Waals surface area (Å²) in [5.41, 5.74) is 2.27. The van der Waals surface area contributed by atoms with Crippen LogP contribution < -0.4 is 0 Å². The highest BCUT2D eigenvalue weighted by Gasteiger charge is 2.28. The second-order valence-corrected chi connectivity index (χ2v) is 7.19. The number of rotatable bonds is 6. The predicted molar refractivity (Wildman–Crippen MR) is 105 cm³/mol. The number of carbonyl (C=O) groups is 2.